The number of piperidine rings is 1. The highest BCUT2D eigenvalue weighted by molar-refractivity contribution is 7.89. The average Bonchev–Trinajstić information content (AvgIpc) is 2.63. The van der Waals surface area contributed by atoms with E-state index in [-0.39, 0.29) is 11.5 Å². The lowest BCUT2D eigenvalue weighted by atomic mass is 10.1. The standard InChI is InChI=1S/C18H29N3O4S/c1-4-21(5-2)26(23,24)15-10-11-17(20-12-8-7-9-13-20)16(14-15)19-18(22)25-6-3/h10-11,14H,4-9,12-13H2,1-3H3,(H,19,22). The fourth-order valence-electron chi connectivity index (χ4n) is 3.18. The highest BCUT2D eigenvalue weighted by atomic mass is 32.2. The minimum atomic E-state index is -3.60. The van der Waals surface area contributed by atoms with E-state index >= 15 is 0 Å². The fourth-order valence-corrected chi connectivity index (χ4v) is 4.66. The Balaban J connectivity index is 2.42. The Bertz CT molecular complexity index is 711. The van der Waals surface area contributed by atoms with Crippen LogP contribution in [0.1, 0.15) is 40.0 Å². The van der Waals surface area contributed by atoms with Crippen LogP contribution in [0.4, 0.5) is 16.2 Å². The van der Waals surface area contributed by atoms with Gasteiger partial charge in [0, 0.05) is 26.2 Å². The molecule has 0 aromatic heterocycles. The Morgan fingerprint density at radius 1 is 1.15 bits per heavy atom. The molecule has 0 spiro atoms. The van der Waals surface area contributed by atoms with Crippen molar-refractivity contribution < 1.29 is 17.9 Å². The van der Waals surface area contributed by atoms with Crippen LogP contribution in [0.15, 0.2) is 23.1 Å². The first-order valence-electron chi connectivity index (χ1n) is 9.26. The summed E-state index contributed by atoms with van der Waals surface area (Å²) in [4.78, 5) is 14.3. The third-order valence-corrected chi connectivity index (χ3v) is 6.57. The SMILES string of the molecule is CCOC(=O)Nc1cc(S(=O)(=O)N(CC)CC)ccc1N1CCCCC1. The van der Waals surface area contributed by atoms with Gasteiger partial charge in [-0.25, -0.2) is 13.2 Å². The Hall–Kier alpha value is -1.80. The molecule has 26 heavy (non-hydrogen) atoms. The summed E-state index contributed by atoms with van der Waals surface area (Å²) in [5, 5.41) is 2.71. The highest BCUT2D eigenvalue weighted by Gasteiger charge is 2.24. The first-order chi connectivity index (χ1) is 12.4. The molecule has 0 bridgehead atoms. The molecule has 1 saturated heterocycles. The molecule has 1 heterocycles. The lowest BCUT2D eigenvalue weighted by Gasteiger charge is -2.31. The molecule has 7 nitrogen and oxygen atoms in total. The van der Waals surface area contributed by atoms with Gasteiger partial charge < -0.3 is 9.64 Å². The summed E-state index contributed by atoms with van der Waals surface area (Å²) in [7, 11) is -3.60. The molecule has 1 aliphatic heterocycles. The van der Waals surface area contributed by atoms with Gasteiger partial charge in [0.25, 0.3) is 0 Å². The minimum Gasteiger partial charge on any atom is -0.450 e. The predicted molar refractivity (Wildman–Crippen MR) is 103 cm³/mol. The molecule has 0 atom stereocenters. The second kappa shape index (κ2) is 9.23. The zero-order valence-electron chi connectivity index (χ0n) is 15.8. The van der Waals surface area contributed by atoms with E-state index in [1.54, 1.807) is 32.9 Å². The van der Waals surface area contributed by atoms with E-state index in [9.17, 15) is 13.2 Å². The van der Waals surface area contributed by atoms with Gasteiger partial charge in [0.1, 0.15) is 0 Å². The van der Waals surface area contributed by atoms with Crippen LogP contribution >= 0.6 is 0 Å². The average molecular weight is 384 g/mol. The number of carbonyl (C=O) groups is 1. The summed E-state index contributed by atoms with van der Waals surface area (Å²) in [6, 6.07) is 4.94. The Morgan fingerprint density at radius 2 is 1.81 bits per heavy atom. The van der Waals surface area contributed by atoms with Gasteiger partial charge in [-0.15, -0.1) is 0 Å². The van der Waals surface area contributed by atoms with E-state index in [2.05, 4.69) is 10.2 Å². The summed E-state index contributed by atoms with van der Waals surface area (Å²) in [5.41, 5.74) is 1.30. The van der Waals surface area contributed by atoms with E-state index in [0.717, 1.165) is 31.6 Å². The maximum atomic E-state index is 12.8. The third kappa shape index (κ3) is 4.67. The summed E-state index contributed by atoms with van der Waals surface area (Å²) < 4.78 is 32.0. The maximum Gasteiger partial charge on any atom is 0.411 e. The monoisotopic (exact) mass is 383 g/mol. The van der Waals surface area contributed by atoms with Gasteiger partial charge in [0.2, 0.25) is 10.0 Å². The largest absolute Gasteiger partial charge is 0.450 e. The Morgan fingerprint density at radius 3 is 2.38 bits per heavy atom. The van der Waals surface area contributed by atoms with Crippen LogP contribution in [-0.4, -0.2) is 51.6 Å². The van der Waals surface area contributed by atoms with E-state index in [1.807, 2.05) is 0 Å². The topological polar surface area (TPSA) is 78.9 Å². The van der Waals surface area contributed by atoms with Crippen LogP contribution in [0.2, 0.25) is 0 Å². The first-order valence-corrected chi connectivity index (χ1v) is 10.7. The number of nitrogens with zero attached hydrogens (tertiary/aromatic N) is 2. The minimum absolute atomic E-state index is 0.175. The molecule has 1 aromatic carbocycles. The van der Waals surface area contributed by atoms with Crippen LogP contribution in [0.5, 0.6) is 0 Å². The van der Waals surface area contributed by atoms with Gasteiger partial charge in [-0.1, -0.05) is 13.8 Å². The molecule has 0 radical (unpaired) electrons. The van der Waals surface area contributed by atoms with Crippen molar-refractivity contribution in [3.8, 4) is 0 Å². The van der Waals surface area contributed by atoms with Crippen molar-refractivity contribution in [2.24, 2.45) is 0 Å². The highest BCUT2D eigenvalue weighted by Crippen LogP contribution is 2.32. The molecule has 1 fully saturated rings. The summed E-state index contributed by atoms with van der Waals surface area (Å²) >= 11 is 0. The number of hydrogen-bond acceptors (Lipinski definition) is 5. The molecule has 1 N–H and O–H groups in total. The quantitative estimate of drug-likeness (QED) is 0.782. The van der Waals surface area contributed by atoms with Crippen LogP contribution in [0, 0.1) is 0 Å². The number of anilines is 2. The van der Waals surface area contributed by atoms with Crippen molar-refractivity contribution in [2.75, 3.05) is 43.0 Å². The van der Waals surface area contributed by atoms with Gasteiger partial charge in [-0.2, -0.15) is 4.31 Å². The number of hydrogen-bond donors (Lipinski definition) is 1. The second-order valence-electron chi connectivity index (χ2n) is 6.16. The van der Waals surface area contributed by atoms with Gasteiger partial charge in [0.05, 0.1) is 22.9 Å². The zero-order valence-corrected chi connectivity index (χ0v) is 16.6. The molecule has 1 amide bonds. The summed E-state index contributed by atoms with van der Waals surface area (Å²) in [6.07, 6.45) is 2.77. The summed E-state index contributed by atoms with van der Waals surface area (Å²) in [5.74, 6) is 0. The normalized spacial score (nSPS) is 15.2. The van der Waals surface area contributed by atoms with Crippen molar-refractivity contribution in [3.05, 3.63) is 18.2 Å². The number of carbonyl (C=O) groups excluding carboxylic acids is 1. The third-order valence-electron chi connectivity index (χ3n) is 4.52. The molecule has 146 valence electrons. The summed E-state index contributed by atoms with van der Waals surface area (Å²) in [6.45, 7) is 8.16. The van der Waals surface area contributed by atoms with Crippen LogP contribution in [0.25, 0.3) is 0 Å². The fraction of sp³-hybridized carbons (Fsp3) is 0.611. The molecular formula is C18H29N3O4S. The Kier molecular flexibility index (Phi) is 7.28. The van der Waals surface area contributed by atoms with Crippen molar-refractivity contribution in [2.45, 2.75) is 44.9 Å². The van der Waals surface area contributed by atoms with Crippen LogP contribution < -0.4 is 10.2 Å². The zero-order chi connectivity index (χ0) is 19.2. The van der Waals surface area contributed by atoms with Gasteiger partial charge in [-0.05, 0) is 44.4 Å². The lowest BCUT2D eigenvalue weighted by Crippen LogP contribution is -2.32. The lowest BCUT2D eigenvalue weighted by molar-refractivity contribution is 0.168. The van der Waals surface area contributed by atoms with Crippen LogP contribution in [-0.2, 0) is 14.8 Å². The smallest absolute Gasteiger partial charge is 0.411 e. The van der Waals surface area contributed by atoms with Gasteiger partial charge in [0.15, 0.2) is 0 Å². The van der Waals surface area contributed by atoms with Crippen molar-refractivity contribution in [1.82, 2.24) is 4.31 Å². The van der Waals surface area contributed by atoms with Crippen molar-refractivity contribution in [1.29, 1.82) is 0 Å². The predicted octanol–water partition coefficient (Wildman–Crippen LogP) is 3.28. The molecule has 0 unspecified atom stereocenters. The number of nitrogens with one attached hydrogen (secondary N) is 1. The Labute approximate surface area is 156 Å². The molecule has 1 aromatic rings. The van der Waals surface area contributed by atoms with E-state index in [1.165, 1.54) is 16.8 Å². The molecule has 2 rings (SSSR count). The molecule has 0 aliphatic carbocycles. The number of benzene rings is 1. The number of amides is 1. The van der Waals surface area contributed by atoms with Crippen molar-refractivity contribution >= 4 is 27.5 Å². The van der Waals surface area contributed by atoms with Gasteiger partial charge >= 0.3 is 6.09 Å². The molecular weight excluding hydrogens is 354 g/mol. The molecule has 8 heteroatoms. The number of sulfonamides is 1. The maximum absolute atomic E-state index is 12.8. The number of ether oxygens (including phenoxy) is 1. The van der Waals surface area contributed by atoms with Gasteiger partial charge in [-0.3, -0.25) is 5.32 Å². The van der Waals surface area contributed by atoms with E-state index in [0.29, 0.717) is 18.8 Å². The molecule has 1 aliphatic rings. The van der Waals surface area contributed by atoms with Crippen LogP contribution in [0.3, 0.4) is 0 Å². The van der Waals surface area contributed by atoms with Crippen molar-refractivity contribution in [3.63, 3.8) is 0 Å². The van der Waals surface area contributed by atoms with E-state index in [4.69, 9.17) is 4.74 Å². The second-order valence-corrected chi connectivity index (χ2v) is 8.10. The van der Waals surface area contributed by atoms with E-state index < -0.39 is 16.1 Å². The molecule has 0 saturated carbocycles. The first kappa shape index (κ1) is 20.5. The number of rotatable bonds is 7.